The van der Waals surface area contributed by atoms with E-state index in [-0.39, 0.29) is 59.7 Å². The fraction of sp³-hybridized carbons (Fsp3) is 0.409. The molecule has 1 heterocycles. The van der Waals surface area contributed by atoms with Crippen LogP contribution in [0.3, 0.4) is 0 Å². The maximum Gasteiger partial charge on any atom is 0.511 e. The summed E-state index contributed by atoms with van der Waals surface area (Å²) < 4.78 is 25.8. The van der Waals surface area contributed by atoms with E-state index < -0.39 is 60.4 Å². The summed E-state index contributed by atoms with van der Waals surface area (Å²) in [7, 11) is 0. The number of aromatic nitrogens is 1. The van der Waals surface area contributed by atoms with Gasteiger partial charge in [0, 0.05) is 36.7 Å². The topological polar surface area (TPSA) is 218 Å². The summed E-state index contributed by atoms with van der Waals surface area (Å²) in [5.41, 5.74) is 1.11. The lowest BCUT2D eigenvalue weighted by Crippen LogP contribution is -2.28. The first-order valence-corrected chi connectivity index (χ1v) is 19.2. The van der Waals surface area contributed by atoms with E-state index >= 15 is 0 Å². The van der Waals surface area contributed by atoms with E-state index in [1.807, 2.05) is 0 Å². The molecule has 4 rings (SSSR count). The molecule has 1 fully saturated rings. The zero-order valence-corrected chi connectivity index (χ0v) is 34.2. The van der Waals surface area contributed by atoms with E-state index in [9.17, 15) is 33.9 Å². The smallest absolute Gasteiger partial charge is 0.465 e. The minimum absolute atomic E-state index is 0.0317. The second-order valence-electron chi connectivity index (χ2n) is 15.2. The minimum atomic E-state index is -1.42. The second-order valence-corrected chi connectivity index (χ2v) is 15.2. The first kappa shape index (κ1) is 45.5. The largest absolute Gasteiger partial charge is 0.511 e. The zero-order valence-electron chi connectivity index (χ0n) is 34.2. The lowest BCUT2D eigenvalue weighted by Gasteiger charge is -2.19. The third-order valence-corrected chi connectivity index (χ3v) is 8.67. The van der Waals surface area contributed by atoms with Gasteiger partial charge in [-0.15, -0.1) is 0 Å². The lowest BCUT2D eigenvalue weighted by atomic mass is 9.89. The Balaban J connectivity index is 1.59. The summed E-state index contributed by atoms with van der Waals surface area (Å²) >= 11 is 0. The number of nitrogens with zero attached hydrogens (tertiary/aromatic N) is 1. The third kappa shape index (κ3) is 14.0. The molecule has 1 aliphatic carbocycles. The molecule has 1 saturated carbocycles. The molecule has 1 aliphatic rings. The van der Waals surface area contributed by atoms with Gasteiger partial charge in [-0.05, 0) is 105 Å². The lowest BCUT2D eigenvalue weighted by molar-refractivity contribution is -0.157. The van der Waals surface area contributed by atoms with E-state index in [1.165, 1.54) is 37.3 Å². The SMILES string of the molecule is C=Cc1cc(C(=O)Cc2ccc(C(=N)CC(=O)OCCC(=O)OC(C)(C)C)cc2)c(-c2ccc(C(=O)NCC3CC3)nc2C(=O)OC(C)OC(=O)OC(C)C)cc1CO. The van der Waals surface area contributed by atoms with Crippen molar-refractivity contribution in [3.63, 3.8) is 0 Å². The predicted molar refractivity (Wildman–Crippen MR) is 216 cm³/mol. The molecule has 3 N–H and O–H groups in total. The van der Waals surface area contributed by atoms with Gasteiger partial charge in [-0.3, -0.25) is 19.2 Å². The molecule has 1 unspecified atom stereocenters. The molecule has 15 heteroatoms. The molecule has 1 amide bonds. The standard InChI is InChI=1S/C44H51N3O12/c1-8-29-20-34(37(49)19-27-11-13-30(14-12-27)35(45)22-39(51)55-18-17-38(50)59-44(5,6)7)33(21-31(29)24-48)32-15-16-36(41(52)46-23-28-9-10-28)47-40(32)42(53)57-26(4)58-43(54)56-25(2)3/h8,11-16,20-21,25-26,28,45,48H,1,9-10,17-19,22-24H2,2-7H3,(H,46,52). The van der Waals surface area contributed by atoms with Gasteiger partial charge in [0.15, 0.2) is 11.5 Å². The molecule has 0 bridgehead atoms. The van der Waals surface area contributed by atoms with Crippen LogP contribution in [0.1, 0.15) is 121 Å². The molecular formula is C44H51N3O12. The maximum absolute atomic E-state index is 14.2. The summed E-state index contributed by atoms with van der Waals surface area (Å²) in [4.78, 5) is 81.7. The van der Waals surface area contributed by atoms with Crippen molar-refractivity contribution < 1.29 is 57.6 Å². The van der Waals surface area contributed by atoms with Crippen LogP contribution in [0.15, 0.2) is 55.1 Å². The normalized spacial score (nSPS) is 12.8. The van der Waals surface area contributed by atoms with Crippen molar-refractivity contribution in [2.75, 3.05) is 13.2 Å². The Morgan fingerprint density at radius 3 is 2.25 bits per heavy atom. The highest BCUT2D eigenvalue weighted by Gasteiger charge is 2.28. The molecule has 0 aliphatic heterocycles. The Morgan fingerprint density at radius 2 is 1.64 bits per heavy atom. The van der Waals surface area contributed by atoms with E-state index in [1.54, 1.807) is 58.9 Å². The number of Topliss-reactive ketones (excluding diaryl/α,β-unsaturated/α-hetero) is 1. The van der Waals surface area contributed by atoms with Crippen LogP contribution in [0, 0.1) is 11.3 Å². The number of ether oxygens (including phenoxy) is 5. The highest BCUT2D eigenvalue weighted by Crippen LogP contribution is 2.33. The molecule has 1 aromatic heterocycles. The van der Waals surface area contributed by atoms with Crippen LogP contribution in [-0.4, -0.2) is 82.7 Å². The Bertz CT molecular complexity index is 2080. The Hall–Kier alpha value is -6.22. The summed E-state index contributed by atoms with van der Waals surface area (Å²) in [6.07, 6.45) is -0.116. The number of carbonyl (C=O) groups is 6. The molecule has 314 valence electrons. The van der Waals surface area contributed by atoms with Crippen molar-refractivity contribution >= 4 is 47.5 Å². The second kappa shape index (κ2) is 20.5. The van der Waals surface area contributed by atoms with Gasteiger partial charge in [0.2, 0.25) is 6.29 Å². The van der Waals surface area contributed by atoms with Crippen molar-refractivity contribution in [3.8, 4) is 11.1 Å². The highest BCUT2D eigenvalue weighted by atomic mass is 16.8. The summed E-state index contributed by atoms with van der Waals surface area (Å²) in [6.45, 7) is 13.4. The van der Waals surface area contributed by atoms with Crippen molar-refractivity contribution in [1.29, 1.82) is 5.41 Å². The van der Waals surface area contributed by atoms with Gasteiger partial charge in [0.25, 0.3) is 5.91 Å². The Morgan fingerprint density at radius 1 is 0.949 bits per heavy atom. The average Bonchev–Trinajstić information content (AvgIpc) is 4.00. The molecule has 59 heavy (non-hydrogen) atoms. The maximum atomic E-state index is 14.2. The number of ketones is 1. The van der Waals surface area contributed by atoms with Crippen LogP contribution in [0.25, 0.3) is 17.2 Å². The van der Waals surface area contributed by atoms with Gasteiger partial charge >= 0.3 is 24.1 Å². The van der Waals surface area contributed by atoms with Crippen LogP contribution in [0.2, 0.25) is 0 Å². The monoisotopic (exact) mass is 813 g/mol. The number of pyridine rings is 1. The number of benzene rings is 2. The van der Waals surface area contributed by atoms with Gasteiger partial charge in [-0.2, -0.15) is 0 Å². The number of carbonyl (C=O) groups excluding carboxylic acids is 6. The van der Waals surface area contributed by atoms with Crippen molar-refractivity contribution in [2.24, 2.45) is 5.92 Å². The predicted octanol–water partition coefficient (Wildman–Crippen LogP) is 6.55. The first-order chi connectivity index (χ1) is 27.9. The number of aliphatic hydroxyl groups excluding tert-OH is 1. The number of rotatable bonds is 19. The molecule has 0 radical (unpaired) electrons. The Kier molecular flexibility index (Phi) is 15.8. The molecule has 2 aromatic carbocycles. The number of hydrogen-bond donors (Lipinski definition) is 3. The van der Waals surface area contributed by atoms with Crippen molar-refractivity contribution in [3.05, 3.63) is 94.3 Å². The van der Waals surface area contributed by atoms with Crippen LogP contribution in [-0.2, 0) is 46.3 Å². The number of hydrogen-bond acceptors (Lipinski definition) is 14. The van der Waals surface area contributed by atoms with Crippen molar-refractivity contribution in [1.82, 2.24) is 10.3 Å². The van der Waals surface area contributed by atoms with Gasteiger partial charge < -0.3 is 39.5 Å². The van der Waals surface area contributed by atoms with E-state index in [0.29, 0.717) is 34.7 Å². The first-order valence-electron chi connectivity index (χ1n) is 19.2. The summed E-state index contributed by atoms with van der Waals surface area (Å²) in [5, 5.41) is 21.5. The number of esters is 3. The zero-order chi connectivity index (χ0) is 43.4. The number of aliphatic hydroxyl groups is 1. The number of amides is 1. The third-order valence-electron chi connectivity index (χ3n) is 8.67. The van der Waals surface area contributed by atoms with E-state index in [0.717, 1.165) is 12.8 Å². The molecule has 0 spiro atoms. The molecular weight excluding hydrogens is 762 g/mol. The van der Waals surface area contributed by atoms with E-state index in [4.69, 9.17) is 29.1 Å². The van der Waals surface area contributed by atoms with Crippen LogP contribution < -0.4 is 5.32 Å². The molecule has 15 nitrogen and oxygen atoms in total. The average molecular weight is 814 g/mol. The minimum Gasteiger partial charge on any atom is -0.465 e. The molecule has 0 saturated heterocycles. The van der Waals surface area contributed by atoms with E-state index in [2.05, 4.69) is 16.9 Å². The fourth-order valence-electron chi connectivity index (χ4n) is 5.68. The Labute approximate surface area is 342 Å². The van der Waals surface area contributed by atoms with Gasteiger partial charge in [0.05, 0.1) is 25.6 Å². The van der Waals surface area contributed by atoms with Gasteiger partial charge in [-0.25, -0.2) is 14.6 Å². The van der Waals surface area contributed by atoms with Crippen LogP contribution >= 0.6 is 0 Å². The van der Waals surface area contributed by atoms with Crippen LogP contribution in [0.5, 0.6) is 0 Å². The van der Waals surface area contributed by atoms with Crippen LogP contribution in [0.4, 0.5) is 4.79 Å². The van der Waals surface area contributed by atoms with Crippen molar-refractivity contribution in [2.45, 2.75) is 98.2 Å². The van der Waals surface area contributed by atoms with Gasteiger partial charge in [-0.1, -0.05) is 36.9 Å². The fourth-order valence-corrected chi connectivity index (χ4v) is 5.68. The molecule has 3 aromatic rings. The summed E-state index contributed by atoms with van der Waals surface area (Å²) in [6, 6.07) is 12.4. The number of nitrogens with one attached hydrogen (secondary N) is 2. The molecule has 1 atom stereocenters. The summed E-state index contributed by atoms with van der Waals surface area (Å²) in [5.74, 6) is -2.81. The highest BCUT2D eigenvalue weighted by molar-refractivity contribution is 6.09. The quantitative estimate of drug-likeness (QED) is 0.0385. The van der Waals surface area contributed by atoms with Gasteiger partial charge in [0.1, 0.15) is 17.9 Å².